The monoisotopic (exact) mass is 589 g/mol. The van der Waals surface area contributed by atoms with Crippen molar-refractivity contribution in [1.29, 1.82) is 0 Å². The number of ether oxygens (including phenoxy) is 1. The van der Waals surface area contributed by atoms with Gasteiger partial charge in [0.1, 0.15) is 10.8 Å². The molecule has 0 saturated carbocycles. The first-order valence-corrected chi connectivity index (χ1v) is 13.7. The number of halogens is 2. The minimum atomic E-state index is 0.404. The van der Waals surface area contributed by atoms with Crippen LogP contribution in [0.4, 0.5) is 28.8 Å². The quantitative estimate of drug-likeness (QED) is 0.417. The van der Waals surface area contributed by atoms with Crippen LogP contribution in [0.5, 0.6) is 5.75 Å². The molecule has 1 aromatic carbocycles. The number of piperidine rings is 1. The maximum Gasteiger partial charge on any atom is 0.229 e. The molecule has 12 heteroatoms. The highest BCUT2D eigenvalue weighted by atomic mass is 79.9. The minimum absolute atomic E-state index is 0.404. The van der Waals surface area contributed by atoms with Gasteiger partial charge in [0.25, 0.3) is 0 Å². The van der Waals surface area contributed by atoms with Crippen LogP contribution in [-0.2, 0) is 7.05 Å². The first kappa shape index (κ1) is 26.0. The molecule has 2 fully saturated rings. The first-order valence-electron chi connectivity index (χ1n) is 12.5. The summed E-state index contributed by atoms with van der Waals surface area (Å²) in [4.78, 5) is 16.4. The largest absolute Gasteiger partial charge is 0.494 e. The van der Waals surface area contributed by atoms with E-state index in [4.69, 9.17) is 16.3 Å². The number of piperazine rings is 1. The summed E-state index contributed by atoms with van der Waals surface area (Å²) < 4.78 is 8.45. The predicted octanol–water partition coefficient (Wildman–Crippen LogP) is 4.34. The van der Waals surface area contributed by atoms with Crippen molar-refractivity contribution in [3.8, 4) is 5.75 Å². The number of hydrogen-bond donors (Lipinski definition) is 2. The standard InChI is InChI=1S/C25H33BrClN9O/c1-33-8-10-35(11-9-33)18-4-6-36(7-5-18)22-13-23(37-3)21(12-19(22)26)31-25-28-15-20(27)24(32-25)30-17-14-29-34(2)16-17/h12-16,18H,4-11H2,1-3H3,(H2,28,30,31,32). The van der Waals surface area contributed by atoms with E-state index in [-0.39, 0.29) is 0 Å². The summed E-state index contributed by atoms with van der Waals surface area (Å²) in [5.74, 6) is 1.62. The summed E-state index contributed by atoms with van der Waals surface area (Å²) in [5, 5.41) is 11.0. The maximum absolute atomic E-state index is 6.33. The average molecular weight is 591 g/mol. The summed E-state index contributed by atoms with van der Waals surface area (Å²) in [6, 6.07) is 4.77. The van der Waals surface area contributed by atoms with Crippen molar-refractivity contribution < 1.29 is 4.74 Å². The lowest BCUT2D eigenvalue weighted by atomic mass is 10.0. The number of anilines is 5. The fraction of sp³-hybridized carbons (Fsp3) is 0.480. The third-order valence-electron chi connectivity index (χ3n) is 7.09. The van der Waals surface area contributed by atoms with Gasteiger partial charge in [-0.05, 0) is 41.9 Å². The van der Waals surface area contributed by atoms with Crippen LogP contribution >= 0.6 is 27.5 Å². The Morgan fingerprint density at radius 2 is 1.78 bits per heavy atom. The van der Waals surface area contributed by atoms with Crippen LogP contribution in [0.1, 0.15) is 12.8 Å². The Kier molecular flexibility index (Phi) is 8.04. The van der Waals surface area contributed by atoms with Crippen molar-refractivity contribution in [2.24, 2.45) is 7.05 Å². The second kappa shape index (κ2) is 11.4. The van der Waals surface area contributed by atoms with E-state index in [1.54, 1.807) is 24.2 Å². The van der Waals surface area contributed by atoms with Gasteiger partial charge in [0.05, 0.1) is 36.6 Å². The Morgan fingerprint density at radius 3 is 2.46 bits per heavy atom. The van der Waals surface area contributed by atoms with Crippen molar-refractivity contribution in [2.45, 2.75) is 18.9 Å². The van der Waals surface area contributed by atoms with Crippen LogP contribution < -0.4 is 20.3 Å². The summed E-state index contributed by atoms with van der Waals surface area (Å²) in [7, 11) is 5.74. The van der Waals surface area contributed by atoms with E-state index in [0.29, 0.717) is 22.8 Å². The molecule has 0 unspecified atom stereocenters. The van der Waals surface area contributed by atoms with Gasteiger partial charge >= 0.3 is 0 Å². The van der Waals surface area contributed by atoms with Crippen LogP contribution in [0, 0.1) is 0 Å². The topological polar surface area (TPSA) is 86.6 Å². The Bertz CT molecular complexity index is 1220. The molecule has 0 radical (unpaired) electrons. The summed E-state index contributed by atoms with van der Waals surface area (Å²) >= 11 is 10.1. The van der Waals surface area contributed by atoms with E-state index in [9.17, 15) is 0 Å². The number of methoxy groups -OCH3 is 1. The summed E-state index contributed by atoms with van der Waals surface area (Å²) in [5.41, 5.74) is 2.69. The summed E-state index contributed by atoms with van der Waals surface area (Å²) in [6.07, 6.45) is 7.46. The number of aryl methyl sites for hydroxylation is 1. The van der Waals surface area contributed by atoms with Crippen molar-refractivity contribution >= 4 is 56.4 Å². The van der Waals surface area contributed by atoms with Crippen molar-refractivity contribution in [2.75, 3.05) is 69.0 Å². The van der Waals surface area contributed by atoms with Crippen LogP contribution in [0.2, 0.25) is 5.02 Å². The minimum Gasteiger partial charge on any atom is -0.494 e. The summed E-state index contributed by atoms with van der Waals surface area (Å²) in [6.45, 7) is 6.71. The number of benzene rings is 1. The molecule has 3 aromatic rings. The fourth-order valence-electron chi connectivity index (χ4n) is 4.97. The number of aromatic nitrogens is 4. The lowest BCUT2D eigenvalue weighted by molar-refractivity contribution is 0.0982. The molecule has 0 atom stereocenters. The van der Waals surface area contributed by atoms with Gasteiger partial charge in [-0.15, -0.1) is 0 Å². The molecular weight excluding hydrogens is 558 g/mol. The molecule has 0 amide bonds. The second-order valence-electron chi connectivity index (χ2n) is 9.60. The van der Waals surface area contributed by atoms with Gasteiger partial charge in [-0.3, -0.25) is 9.58 Å². The first-order chi connectivity index (χ1) is 17.9. The van der Waals surface area contributed by atoms with Gasteiger partial charge in [0.2, 0.25) is 5.95 Å². The number of rotatable bonds is 7. The van der Waals surface area contributed by atoms with Gasteiger partial charge in [-0.1, -0.05) is 11.6 Å². The van der Waals surface area contributed by atoms with Gasteiger partial charge in [0, 0.05) is 69.1 Å². The average Bonchev–Trinajstić information content (AvgIpc) is 3.31. The predicted molar refractivity (Wildman–Crippen MR) is 152 cm³/mol. The molecule has 198 valence electrons. The maximum atomic E-state index is 6.33. The number of likely N-dealkylation sites (N-methyl/N-ethyl adjacent to an activating group) is 1. The molecule has 2 aliphatic rings. The number of nitrogens with one attached hydrogen (secondary N) is 2. The molecule has 4 heterocycles. The highest BCUT2D eigenvalue weighted by molar-refractivity contribution is 9.10. The van der Waals surface area contributed by atoms with Crippen molar-refractivity contribution in [3.63, 3.8) is 0 Å². The van der Waals surface area contributed by atoms with Crippen LogP contribution in [0.25, 0.3) is 0 Å². The lowest BCUT2D eigenvalue weighted by Crippen LogP contribution is -2.52. The van der Waals surface area contributed by atoms with Gasteiger partial charge < -0.3 is 25.2 Å². The van der Waals surface area contributed by atoms with Crippen LogP contribution in [0.3, 0.4) is 0 Å². The molecule has 5 rings (SSSR count). The highest BCUT2D eigenvalue weighted by Gasteiger charge is 2.28. The molecule has 10 nitrogen and oxygen atoms in total. The Balaban J connectivity index is 1.28. The van der Waals surface area contributed by atoms with E-state index >= 15 is 0 Å². The smallest absolute Gasteiger partial charge is 0.229 e. The van der Waals surface area contributed by atoms with Gasteiger partial charge in [-0.2, -0.15) is 10.1 Å². The lowest BCUT2D eigenvalue weighted by Gasteiger charge is -2.42. The zero-order chi connectivity index (χ0) is 25.9. The normalized spacial score (nSPS) is 17.7. The third-order valence-corrected chi connectivity index (χ3v) is 8.00. The van der Waals surface area contributed by atoms with Gasteiger partial charge in [-0.25, -0.2) is 4.98 Å². The van der Waals surface area contributed by atoms with E-state index in [1.807, 2.05) is 19.3 Å². The molecule has 37 heavy (non-hydrogen) atoms. The molecule has 0 bridgehead atoms. The molecule has 2 aliphatic heterocycles. The Hall–Kier alpha value is -2.60. The Morgan fingerprint density at radius 1 is 1.03 bits per heavy atom. The van der Waals surface area contributed by atoms with Crippen molar-refractivity contribution in [3.05, 3.63) is 40.2 Å². The molecular formula is C25H33BrClN9O. The number of hydrogen-bond acceptors (Lipinski definition) is 9. The zero-order valence-corrected chi connectivity index (χ0v) is 23.8. The Labute approximate surface area is 231 Å². The van der Waals surface area contributed by atoms with E-state index in [1.165, 1.54) is 25.9 Å². The van der Waals surface area contributed by atoms with E-state index in [0.717, 1.165) is 53.5 Å². The SMILES string of the molecule is COc1cc(N2CCC(N3CCN(C)CC3)CC2)c(Br)cc1Nc1ncc(Cl)c(Nc2cnn(C)c2)n1. The number of nitrogens with zero attached hydrogens (tertiary/aromatic N) is 7. The fourth-order valence-corrected chi connectivity index (χ4v) is 5.70. The van der Waals surface area contributed by atoms with Gasteiger partial charge in [0.15, 0.2) is 5.82 Å². The molecule has 0 spiro atoms. The molecule has 2 aromatic heterocycles. The molecule has 2 N–H and O–H groups in total. The van der Waals surface area contributed by atoms with Crippen molar-refractivity contribution in [1.82, 2.24) is 29.5 Å². The van der Waals surface area contributed by atoms with E-state index < -0.39 is 0 Å². The highest BCUT2D eigenvalue weighted by Crippen LogP contribution is 2.39. The van der Waals surface area contributed by atoms with E-state index in [2.05, 4.69) is 69.4 Å². The molecule has 0 aliphatic carbocycles. The van der Waals surface area contributed by atoms with Crippen LogP contribution in [0.15, 0.2) is 35.2 Å². The van der Waals surface area contributed by atoms with Crippen LogP contribution in [-0.4, -0.2) is 89.0 Å². The zero-order valence-electron chi connectivity index (χ0n) is 21.4. The second-order valence-corrected chi connectivity index (χ2v) is 10.9. The third kappa shape index (κ3) is 6.11. The molecule has 2 saturated heterocycles.